The fourth-order valence-electron chi connectivity index (χ4n) is 10.1. The molecule has 48 heavy (non-hydrogen) atoms. The number of hydrogen-bond acceptors (Lipinski definition) is 1. The highest BCUT2D eigenvalue weighted by molar-refractivity contribution is 6.23. The predicted octanol–water partition coefficient (Wildman–Crippen LogP) is 8.87. The van der Waals surface area contributed by atoms with Crippen LogP contribution < -0.4 is 14.1 Å². The molecular formula is C43H22N4O+2. The van der Waals surface area contributed by atoms with Crippen LogP contribution in [0.25, 0.3) is 87.0 Å². The lowest BCUT2D eigenvalue weighted by molar-refractivity contribution is -0.992. The van der Waals surface area contributed by atoms with E-state index >= 15 is 0 Å². The van der Waals surface area contributed by atoms with Crippen LogP contribution in [0.4, 0.5) is 0 Å². The molecule has 0 saturated heterocycles. The maximum Gasteiger partial charge on any atom is 0.470 e. The molecule has 0 N–H and O–H groups in total. The van der Waals surface area contributed by atoms with Crippen molar-refractivity contribution in [1.82, 2.24) is 9.03 Å². The van der Waals surface area contributed by atoms with Gasteiger partial charge >= 0.3 is 5.66 Å². The van der Waals surface area contributed by atoms with Crippen LogP contribution in [-0.2, 0) is 5.66 Å². The van der Waals surface area contributed by atoms with E-state index in [-0.39, 0.29) is 0 Å². The van der Waals surface area contributed by atoms with E-state index < -0.39 is 5.66 Å². The summed E-state index contributed by atoms with van der Waals surface area (Å²) in [4.78, 5) is 0. The quantitative estimate of drug-likeness (QED) is 0.0957. The lowest BCUT2D eigenvalue weighted by atomic mass is 9.84. The van der Waals surface area contributed by atoms with Gasteiger partial charge in [-0.15, -0.1) is 9.03 Å². The zero-order valence-corrected chi connectivity index (χ0v) is 25.4. The van der Waals surface area contributed by atoms with Gasteiger partial charge in [0.2, 0.25) is 11.0 Å². The molecule has 0 amide bonds. The van der Waals surface area contributed by atoms with Crippen LogP contribution in [0.15, 0.2) is 133 Å². The molecule has 0 radical (unpaired) electrons. The van der Waals surface area contributed by atoms with Crippen molar-refractivity contribution in [3.05, 3.63) is 145 Å². The Kier molecular flexibility index (Phi) is 3.39. The first kappa shape index (κ1) is 23.0. The number of pyridine rings is 2. The van der Waals surface area contributed by atoms with Crippen LogP contribution >= 0.6 is 0 Å². The maximum atomic E-state index is 7.01. The highest BCUT2D eigenvalue weighted by Crippen LogP contribution is 2.57. The van der Waals surface area contributed by atoms with E-state index in [0.29, 0.717) is 0 Å². The van der Waals surface area contributed by atoms with Crippen LogP contribution in [0, 0.1) is 0 Å². The Balaban J connectivity index is 1.36. The molecule has 7 heterocycles. The molecule has 5 heteroatoms. The van der Waals surface area contributed by atoms with Gasteiger partial charge in [0.1, 0.15) is 33.6 Å². The normalized spacial score (nSPS) is 17.0. The molecule has 1 unspecified atom stereocenters. The summed E-state index contributed by atoms with van der Waals surface area (Å²) >= 11 is 0. The third-order valence-corrected chi connectivity index (χ3v) is 11.7. The third kappa shape index (κ3) is 2.09. The number of para-hydroxylation sites is 2. The molecular weight excluding hydrogens is 589 g/mol. The van der Waals surface area contributed by atoms with Gasteiger partial charge in [-0.2, -0.15) is 0 Å². The number of rotatable bonds is 0. The number of ether oxygens (including phenoxy) is 1. The molecule has 0 saturated carbocycles. The van der Waals surface area contributed by atoms with E-state index in [9.17, 15) is 0 Å². The Morgan fingerprint density at radius 1 is 0.396 bits per heavy atom. The first-order chi connectivity index (χ1) is 23.8. The second-order valence-electron chi connectivity index (χ2n) is 13.7. The van der Waals surface area contributed by atoms with Crippen molar-refractivity contribution in [2.45, 2.75) is 5.66 Å². The summed E-state index contributed by atoms with van der Waals surface area (Å²) in [5.41, 5.74) is 9.02. The number of aromatic nitrogens is 4. The van der Waals surface area contributed by atoms with Crippen molar-refractivity contribution in [1.29, 1.82) is 0 Å². The summed E-state index contributed by atoms with van der Waals surface area (Å²) in [5.74, 6) is 1.83. The van der Waals surface area contributed by atoms with Gasteiger partial charge in [0.15, 0.2) is 11.1 Å². The zero-order chi connectivity index (χ0) is 30.6. The second kappa shape index (κ2) is 7.09. The van der Waals surface area contributed by atoms with Crippen LogP contribution in [0.3, 0.4) is 0 Å². The highest BCUT2D eigenvalue weighted by atomic mass is 16.5. The minimum absolute atomic E-state index is 0.723. The van der Waals surface area contributed by atoms with Gasteiger partial charge < -0.3 is 4.74 Å². The molecule has 3 aliphatic rings. The van der Waals surface area contributed by atoms with Crippen LogP contribution in [-0.4, -0.2) is 9.03 Å². The lowest BCUT2D eigenvalue weighted by Crippen LogP contribution is -2.74. The van der Waals surface area contributed by atoms with E-state index in [1.54, 1.807) is 0 Å². The van der Waals surface area contributed by atoms with Crippen molar-refractivity contribution in [2.24, 2.45) is 0 Å². The number of hydrogen-bond donors (Lipinski definition) is 0. The Morgan fingerprint density at radius 3 is 1.48 bits per heavy atom. The average Bonchev–Trinajstić information content (AvgIpc) is 3.85. The largest absolute Gasteiger partial charge is 0.470 e. The number of fused-ring (bicyclic) bond motifs is 13. The van der Waals surface area contributed by atoms with Gasteiger partial charge in [-0.3, -0.25) is 0 Å². The summed E-state index contributed by atoms with van der Waals surface area (Å²) in [6, 6.07) is 49.4. The van der Waals surface area contributed by atoms with Crippen molar-refractivity contribution in [3.63, 3.8) is 0 Å². The van der Waals surface area contributed by atoms with Gasteiger partial charge in [-0.25, -0.2) is 0 Å². The summed E-state index contributed by atoms with van der Waals surface area (Å²) in [5, 5.41) is 12.6. The van der Waals surface area contributed by atoms with Gasteiger partial charge in [0, 0.05) is 33.7 Å². The van der Waals surface area contributed by atoms with Crippen LogP contribution in [0.1, 0.15) is 11.1 Å². The first-order valence-electron chi connectivity index (χ1n) is 16.6. The molecule has 5 nitrogen and oxygen atoms in total. The van der Waals surface area contributed by atoms with Crippen LogP contribution in [0.5, 0.6) is 11.5 Å². The third-order valence-electron chi connectivity index (χ3n) is 11.7. The molecule has 0 fully saturated rings. The van der Waals surface area contributed by atoms with E-state index in [2.05, 4.69) is 152 Å². The standard InChI is InChI=1S/C43H22N4O/c1-2-10-24-22-32-31(21-23(24)9-1)28-18-20-36-38-42(28)45-40(32)30-14-6-8-16-34(30)47(45)43(38)37-35(48-36)19-17-27-25-11-3-4-12-26(25)39-29-13-5-7-15-33(29)46(43)44(39)41(27)37/h1-22H/q+2. The number of nitrogens with zero attached hydrogens (tertiary/aromatic N) is 4. The van der Waals surface area contributed by atoms with E-state index in [0.717, 1.165) is 11.5 Å². The predicted molar refractivity (Wildman–Crippen MR) is 189 cm³/mol. The fraction of sp³-hybridized carbons (Fsp3) is 0.0233. The molecule has 7 aromatic carbocycles. The average molecular weight is 611 g/mol. The smallest absolute Gasteiger partial charge is 0.455 e. The molecule has 0 aliphatic carbocycles. The van der Waals surface area contributed by atoms with Crippen molar-refractivity contribution < 1.29 is 14.1 Å². The van der Waals surface area contributed by atoms with Crippen LogP contribution in [0.2, 0.25) is 0 Å². The van der Waals surface area contributed by atoms with Gasteiger partial charge in [-0.05, 0) is 79.4 Å². The first-order valence-corrected chi connectivity index (χ1v) is 16.6. The van der Waals surface area contributed by atoms with Gasteiger partial charge in [-0.1, -0.05) is 72.8 Å². The topological polar surface area (TPSA) is 25.8 Å². The Hall–Kier alpha value is -6.46. The Labute approximate surface area is 271 Å². The monoisotopic (exact) mass is 610 g/mol. The molecule has 1 spiro atoms. The van der Waals surface area contributed by atoms with E-state index in [1.807, 2.05) is 0 Å². The number of benzene rings is 7. The Bertz CT molecular complexity index is 3440. The Morgan fingerprint density at radius 2 is 0.854 bits per heavy atom. The fourth-order valence-corrected chi connectivity index (χ4v) is 10.1. The molecule has 14 rings (SSSR count). The second-order valence-corrected chi connectivity index (χ2v) is 13.7. The van der Waals surface area contributed by atoms with Gasteiger partial charge in [0.05, 0.1) is 10.8 Å². The van der Waals surface area contributed by atoms with Crippen molar-refractivity contribution in [3.8, 4) is 11.5 Å². The van der Waals surface area contributed by atoms with Crippen molar-refractivity contribution >= 4 is 87.0 Å². The minimum atomic E-state index is -0.723. The molecule has 1 atom stereocenters. The maximum absolute atomic E-state index is 7.01. The summed E-state index contributed by atoms with van der Waals surface area (Å²) in [6.45, 7) is 0. The summed E-state index contributed by atoms with van der Waals surface area (Å²) in [7, 11) is 0. The molecule has 3 aliphatic heterocycles. The lowest BCUT2D eigenvalue weighted by Gasteiger charge is -2.24. The van der Waals surface area contributed by atoms with Crippen molar-refractivity contribution in [2.75, 3.05) is 0 Å². The molecule has 4 aromatic heterocycles. The molecule has 11 aromatic rings. The van der Waals surface area contributed by atoms with E-state index in [1.165, 1.54) is 98.1 Å². The molecule has 218 valence electrons. The molecule has 0 bridgehead atoms. The minimum Gasteiger partial charge on any atom is -0.455 e. The summed E-state index contributed by atoms with van der Waals surface area (Å²) < 4.78 is 17.3. The SMILES string of the molecule is c1ccc2cc3c(cc2c1)c1ccc2c4c1n1c3c3ccccc3[n+]1C41c3c(ccc4c5ccccc5c5c6ccccc6[n+]1n5c34)O2. The highest BCUT2D eigenvalue weighted by Gasteiger charge is 2.73. The zero-order valence-electron chi connectivity index (χ0n) is 25.4. The van der Waals surface area contributed by atoms with Gasteiger partial charge in [0.25, 0.3) is 0 Å². The summed E-state index contributed by atoms with van der Waals surface area (Å²) in [6.07, 6.45) is 0. The van der Waals surface area contributed by atoms with E-state index in [4.69, 9.17) is 4.74 Å².